The highest BCUT2D eigenvalue weighted by molar-refractivity contribution is 5.94. The average molecular weight is 469 g/mol. The van der Waals surface area contributed by atoms with Crippen molar-refractivity contribution in [2.24, 2.45) is 0 Å². The van der Waals surface area contributed by atoms with Crippen LogP contribution in [0.3, 0.4) is 0 Å². The van der Waals surface area contributed by atoms with Gasteiger partial charge >= 0.3 is 5.97 Å². The van der Waals surface area contributed by atoms with E-state index in [0.29, 0.717) is 36.6 Å². The maximum absolute atomic E-state index is 13.2. The topological polar surface area (TPSA) is 79.6 Å². The van der Waals surface area contributed by atoms with Gasteiger partial charge in [-0.05, 0) is 72.9 Å². The number of ether oxygens (including phenoxy) is 2. The molecular weight excluding hydrogens is 440 g/mol. The molecule has 0 heterocycles. The summed E-state index contributed by atoms with van der Waals surface area (Å²) in [6.07, 6.45) is 2.24. The second-order valence-corrected chi connectivity index (χ2v) is 8.54. The van der Waals surface area contributed by atoms with Crippen LogP contribution in [0.5, 0.6) is 5.75 Å². The highest BCUT2D eigenvalue weighted by Crippen LogP contribution is 2.31. The third kappa shape index (κ3) is 6.48. The van der Waals surface area contributed by atoms with Crippen LogP contribution in [-0.4, -0.2) is 29.4 Å². The van der Waals surface area contributed by atoms with Crippen molar-refractivity contribution in [2.45, 2.75) is 45.4 Å². The lowest BCUT2D eigenvalue weighted by Gasteiger charge is -2.24. The van der Waals surface area contributed by atoms with E-state index in [2.05, 4.69) is 6.07 Å². The van der Waals surface area contributed by atoms with Crippen LogP contribution in [0.4, 0.5) is 0 Å². The Hall–Kier alpha value is -4.11. The van der Waals surface area contributed by atoms with Gasteiger partial charge in [0.15, 0.2) is 0 Å². The number of carbonyl (C=O) groups excluding carboxylic acids is 2. The summed E-state index contributed by atoms with van der Waals surface area (Å²) in [5, 5.41) is 9.02. The van der Waals surface area contributed by atoms with Gasteiger partial charge in [-0.15, -0.1) is 0 Å². The SMILES string of the molecule is CCOC(=O)Cc1ccc(OCc2ccccc2CN(C(=O)c2ccc(C#N)cc2)C2CC2)cc1. The maximum atomic E-state index is 13.2. The van der Waals surface area contributed by atoms with Gasteiger partial charge in [0.05, 0.1) is 24.7 Å². The molecule has 6 heteroatoms. The molecule has 0 bridgehead atoms. The normalized spacial score (nSPS) is 12.5. The zero-order valence-electron chi connectivity index (χ0n) is 19.8. The number of carbonyl (C=O) groups is 2. The van der Waals surface area contributed by atoms with E-state index in [9.17, 15) is 9.59 Å². The van der Waals surface area contributed by atoms with Gasteiger partial charge in [0.2, 0.25) is 0 Å². The second-order valence-electron chi connectivity index (χ2n) is 8.54. The Balaban J connectivity index is 1.42. The number of nitrogens with zero attached hydrogens (tertiary/aromatic N) is 2. The van der Waals surface area contributed by atoms with Crippen molar-refractivity contribution in [3.63, 3.8) is 0 Å². The minimum atomic E-state index is -0.245. The molecule has 35 heavy (non-hydrogen) atoms. The van der Waals surface area contributed by atoms with E-state index in [0.717, 1.165) is 29.5 Å². The molecule has 0 atom stereocenters. The van der Waals surface area contributed by atoms with E-state index in [-0.39, 0.29) is 24.3 Å². The monoisotopic (exact) mass is 468 g/mol. The number of hydrogen-bond donors (Lipinski definition) is 0. The van der Waals surface area contributed by atoms with Crippen molar-refractivity contribution in [1.82, 2.24) is 4.90 Å². The van der Waals surface area contributed by atoms with Gasteiger partial charge in [-0.2, -0.15) is 5.26 Å². The first kappa shape index (κ1) is 24.0. The first-order valence-corrected chi connectivity index (χ1v) is 11.8. The van der Waals surface area contributed by atoms with Gasteiger partial charge in [0.1, 0.15) is 12.4 Å². The maximum Gasteiger partial charge on any atom is 0.310 e. The molecule has 1 aliphatic rings. The number of benzene rings is 3. The van der Waals surface area contributed by atoms with Crippen LogP contribution in [0.2, 0.25) is 0 Å². The third-order valence-corrected chi connectivity index (χ3v) is 5.94. The van der Waals surface area contributed by atoms with Crippen molar-refractivity contribution < 1.29 is 19.1 Å². The molecule has 0 radical (unpaired) electrons. The van der Waals surface area contributed by atoms with Gasteiger partial charge in [0, 0.05) is 18.2 Å². The lowest BCUT2D eigenvalue weighted by Crippen LogP contribution is -2.33. The molecule has 0 unspecified atom stereocenters. The summed E-state index contributed by atoms with van der Waals surface area (Å²) in [6, 6.07) is 24.5. The molecule has 1 saturated carbocycles. The highest BCUT2D eigenvalue weighted by Gasteiger charge is 2.33. The fourth-order valence-electron chi connectivity index (χ4n) is 3.89. The summed E-state index contributed by atoms with van der Waals surface area (Å²) in [5.74, 6) is 0.441. The van der Waals surface area contributed by atoms with E-state index in [4.69, 9.17) is 14.7 Å². The molecular formula is C29H28N2O4. The minimum absolute atomic E-state index is 0.0232. The Morgan fingerprint density at radius 3 is 2.29 bits per heavy atom. The third-order valence-electron chi connectivity index (χ3n) is 5.94. The molecule has 178 valence electrons. The number of esters is 1. The first-order valence-electron chi connectivity index (χ1n) is 11.8. The second kappa shape index (κ2) is 11.3. The minimum Gasteiger partial charge on any atom is -0.489 e. The van der Waals surface area contributed by atoms with Crippen LogP contribution in [0.1, 0.15) is 52.4 Å². The van der Waals surface area contributed by atoms with E-state index in [1.54, 1.807) is 31.2 Å². The summed E-state index contributed by atoms with van der Waals surface area (Å²) >= 11 is 0. The van der Waals surface area contributed by atoms with E-state index >= 15 is 0 Å². The van der Waals surface area contributed by atoms with Crippen molar-refractivity contribution in [3.8, 4) is 11.8 Å². The van der Waals surface area contributed by atoms with Crippen LogP contribution in [-0.2, 0) is 29.1 Å². The fourth-order valence-corrected chi connectivity index (χ4v) is 3.89. The summed E-state index contributed by atoms with van der Waals surface area (Å²) in [4.78, 5) is 26.8. The summed E-state index contributed by atoms with van der Waals surface area (Å²) in [6.45, 7) is 3.04. The quantitative estimate of drug-likeness (QED) is 0.389. The Morgan fingerprint density at radius 2 is 1.66 bits per heavy atom. The standard InChI is InChI=1S/C29H28N2O4/c1-2-34-28(32)17-21-9-15-27(16-10-21)35-20-25-6-4-3-5-24(25)19-31(26-13-14-26)29(33)23-11-7-22(18-30)8-12-23/h3-12,15-16,26H,2,13-14,17,19-20H2,1H3. The Bertz CT molecular complexity index is 1210. The molecule has 0 N–H and O–H groups in total. The molecule has 0 aromatic heterocycles. The lowest BCUT2D eigenvalue weighted by molar-refractivity contribution is -0.142. The van der Waals surface area contributed by atoms with Crippen molar-refractivity contribution in [1.29, 1.82) is 5.26 Å². The Kier molecular flexibility index (Phi) is 7.79. The first-order chi connectivity index (χ1) is 17.1. The number of hydrogen-bond acceptors (Lipinski definition) is 5. The molecule has 3 aromatic rings. The zero-order chi connectivity index (χ0) is 24.6. The number of nitriles is 1. The lowest BCUT2D eigenvalue weighted by atomic mass is 10.1. The highest BCUT2D eigenvalue weighted by atomic mass is 16.5. The van der Waals surface area contributed by atoms with Crippen LogP contribution < -0.4 is 4.74 Å². The van der Waals surface area contributed by atoms with Crippen molar-refractivity contribution >= 4 is 11.9 Å². The van der Waals surface area contributed by atoms with Crippen LogP contribution in [0.15, 0.2) is 72.8 Å². The van der Waals surface area contributed by atoms with Crippen molar-refractivity contribution in [3.05, 3.63) is 101 Å². The zero-order valence-corrected chi connectivity index (χ0v) is 19.8. The average Bonchev–Trinajstić information content (AvgIpc) is 3.73. The van der Waals surface area contributed by atoms with Gasteiger partial charge < -0.3 is 14.4 Å². The largest absolute Gasteiger partial charge is 0.489 e. The van der Waals surface area contributed by atoms with Gasteiger partial charge in [-0.25, -0.2) is 0 Å². The Morgan fingerprint density at radius 1 is 0.971 bits per heavy atom. The predicted octanol–water partition coefficient (Wildman–Crippen LogP) is 5.05. The Labute approximate surface area is 205 Å². The van der Waals surface area contributed by atoms with Crippen LogP contribution in [0, 0.1) is 11.3 Å². The number of amides is 1. The van der Waals surface area contributed by atoms with Crippen LogP contribution in [0.25, 0.3) is 0 Å². The molecule has 3 aromatic carbocycles. The number of rotatable bonds is 10. The molecule has 1 amide bonds. The molecule has 1 fully saturated rings. The van der Waals surface area contributed by atoms with E-state index in [1.165, 1.54) is 0 Å². The van der Waals surface area contributed by atoms with E-state index in [1.807, 2.05) is 53.4 Å². The molecule has 0 spiro atoms. The summed E-state index contributed by atoms with van der Waals surface area (Å²) < 4.78 is 11.0. The molecule has 4 rings (SSSR count). The molecule has 1 aliphatic carbocycles. The van der Waals surface area contributed by atoms with Gasteiger partial charge in [-0.3, -0.25) is 9.59 Å². The fraction of sp³-hybridized carbons (Fsp3) is 0.276. The summed E-state index contributed by atoms with van der Waals surface area (Å²) in [7, 11) is 0. The van der Waals surface area contributed by atoms with Crippen LogP contribution >= 0.6 is 0 Å². The van der Waals surface area contributed by atoms with Gasteiger partial charge in [-0.1, -0.05) is 36.4 Å². The summed E-state index contributed by atoms with van der Waals surface area (Å²) in [5.41, 5.74) is 4.06. The van der Waals surface area contributed by atoms with Gasteiger partial charge in [0.25, 0.3) is 5.91 Å². The molecule has 0 saturated heterocycles. The predicted molar refractivity (Wildman–Crippen MR) is 132 cm³/mol. The molecule has 0 aliphatic heterocycles. The van der Waals surface area contributed by atoms with Crippen molar-refractivity contribution in [2.75, 3.05) is 6.61 Å². The molecule has 6 nitrogen and oxygen atoms in total. The smallest absolute Gasteiger partial charge is 0.310 e. The van der Waals surface area contributed by atoms with E-state index < -0.39 is 0 Å².